The lowest BCUT2D eigenvalue weighted by Gasteiger charge is -2.13. The Kier molecular flexibility index (Phi) is 7.64. The van der Waals surface area contributed by atoms with E-state index >= 15 is 0 Å². The summed E-state index contributed by atoms with van der Waals surface area (Å²) in [5.41, 5.74) is 6.11. The molecule has 0 amide bonds. The molecule has 2 aromatic rings. The number of halogens is 4. The van der Waals surface area contributed by atoms with Crippen molar-refractivity contribution in [2.45, 2.75) is 31.4 Å². The van der Waals surface area contributed by atoms with Crippen LogP contribution in [0, 0.1) is 0 Å². The molecule has 0 saturated carbocycles. The van der Waals surface area contributed by atoms with Crippen molar-refractivity contribution in [1.82, 2.24) is 4.72 Å². The number of nitrogens with one attached hydrogen (secondary N) is 1. The molecule has 0 spiro atoms. The van der Waals surface area contributed by atoms with E-state index in [0.717, 1.165) is 11.6 Å². The first kappa shape index (κ1) is 22.4. The number of rotatable bonds is 6. The fraction of sp³-hybridized carbons (Fsp3) is 0.294. The maximum Gasteiger partial charge on any atom is 0.416 e. The van der Waals surface area contributed by atoms with E-state index in [1.54, 1.807) is 24.3 Å². The van der Waals surface area contributed by atoms with Crippen LogP contribution < -0.4 is 10.5 Å². The van der Waals surface area contributed by atoms with E-state index in [9.17, 15) is 21.6 Å². The highest BCUT2D eigenvalue weighted by atomic mass is 35.5. The lowest BCUT2D eigenvalue weighted by molar-refractivity contribution is -0.138. The smallest absolute Gasteiger partial charge is 0.324 e. The Bertz CT molecular complexity index is 823. The van der Waals surface area contributed by atoms with Crippen molar-refractivity contribution in [3.8, 4) is 0 Å². The number of sulfonamides is 1. The first-order chi connectivity index (χ1) is 11.6. The number of hydrogen-bond acceptors (Lipinski definition) is 3. The van der Waals surface area contributed by atoms with Crippen molar-refractivity contribution in [3.05, 3.63) is 70.8 Å². The minimum Gasteiger partial charge on any atom is -0.324 e. The summed E-state index contributed by atoms with van der Waals surface area (Å²) in [4.78, 5) is 0. The van der Waals surface area contributed by atoms with E-state index in [1.165, 1.54) is 18.2 Å². The lowest BCUT2D eigenvalue weighted by Crippen LogP contribution is -2.26. The number of hydrogen-bond donors (Lipinski definition) is 2. The largest absolute Gasteiger partial charge is 0.416 e. The summed E-state index contributed by atoms with van der Waals surface area (Å²) in [5, 5.41) is 0. The van der Waals surface area contributed by atoms with Gasteiger partial charge in [-0.25, -0.2) is 13.1 Å². The van der Waals surface area contributed by atoms with E-state index in [1.807, 2.05) is 6.92 Å². The Hall–Kier alpha value is -1.61. The Morgan fingerprint density at radius 1 is 1.08 bits per heavy atom. The molecule has 2 rings (SSSR count). The van der Waals surface area contributed by atoms with Gasteiger partial charge >= 0.3 is 6.18 Å². The van der Waals surface area contributed by atoms with Crippen LogP contribution in [0.15, 0.2) is 48.5 Å². The van der Waals surface area contributed by atoms with Crippen molar-refractivity contribution < 1.29 is 21.6 Å². The first-order valence-corrected chi connectivity index (χ1v) is 9.20. The summed E-state index contributed by atoms with van der Waals surface area (Å²) in [5.74, 6) is -0.736. The Balaban J connectivity index is 0.00000338. The molecule has 4 nitrogen and oxygen atoms in total. The highest BCUT2D eigenvalue weighted by molar-refractivity contribution is 7.88. The van der Waals surface area contributed by atoms with Crippen LogP contribution in [-0.2, 0) is 28.5 Å². The Labute approximate surface area is 157 Å². The van der Waals surface area contributed by atoms with Crippen molar-refractivity contribution in [3.63, 3.8) is 0 Å². The maximum atomic E-state index is 13.0. The van der Waals surface area contributed by atoms with E-state index in [4.69, 9.17) is 5.73 Å². The van der Waals surface area contributed by atoms with Gasteiger partial charge in [-0.05, 0) is 29.7 Å². The molecule has 1 atom stereocenters. The molecule has 9 heteroatoms. The highest BCUT2D eigenvalue weighted by Crippen LogP contribution is 2.32. The van der Waals surface area contributed by atoms with Gasteiger partial charge in [-0.1, -0.05) is 42.5 Å². The van der Waals surface area contributed by atoms with Gasteiger partial charge in [0.25, 0.3) is 0 Å². The molecule has 2 aromatic carbocycles. The molecule has 0 aliphatic carbocycles. The van der Waals surface area contributed by atoms with Crippen molar-refractivity contribution in [2.24, 2.45) is 5.73 Å². The molecule has 144 valence electrons. The molecular formula is C17H20ClF3N2O2S. The molecule has 0 saturated heterocycles. The van der Waals surface area contributed by atoms with Crippen LogP contribution in [-0.4, -0.2) is 8.42 Å². The normalized spacial score (nSPS) is 13.1. The SMILES string of the molecule is CC(N)c1ccc(CNS(=O)(=O)Cc2ccccc2C(F)(F)F)cc1.Cl. The van der Waals surface area contributed by atoms with Gasteiger partial charge in [0.1, 0.15) is 0 Å². The molecule has 0 aromatic heterocycles. The summed E-state index contributed by atoms with van der Waals surface area (Å²) in [7, 11) is -3.92. The predicted octanol–water partition coefficient (Wildman–Crippen LogP) is 3.77. The molecular weight excluding hydrogens is 389 g/mol. The topological polar surface area (TPSA) is 72.2 Å². The summed E-state index contributed by atoms with van der Waals surface area (Å²) < 4.78 is 65.4. The third kappa shape index (κ3) is 6.28. The van der Waals surface area contributed by atoms with E-state index < -0.39 is 27.5 Å². The van der Waals surface area contributed by atoms with Gasteiger partial charge in [0, 0.05) is 12.6 Å². The summed E-state index contributed by atoms with van der Waals surface area (Å²) in [6.45, 7) is 1.82. The minimum atomic E-state index is -4.60. The molecule has 1 unspecified atom stereocenters. The standard InChI is InChI=1S/C17H19F3N2O2S.ClH/c1-12(21)14-8-6-13(7-9-14)10-22-25(23,24)11-15-4-2-3-5-16(15)17(18,19)20;/h2-9,12,22H,10-11,21H2,1H3;1H. The monoisotopic (exact) mass is 408 g/mol. The second-order valence-electron chi connectivity index (χ2n) is 5.77. The summed E-state index contributed by atoms with van der Waals surface area (Å²) in [6, 6.07) is 11.5. The summed E-state index contributed by atoms with van der Waals surface area (Å²) in [6.07, 6.45) is -4.60. The fourth-order valence-corrected chi connectivity index (χ4v) is 3.46. The highest BCUT2D eigenvalue weighted by Gasteiger charge is 2.33. The van der Waals surface area contributed by atoms with Crippen LogP contribution >= 0.6 is 12.4 Å². The van der Waals surface area contributed by atoms with E-state index in [2.05, 4.69) is 4.72 Å². The molecule has 0 aliphatic heterocycles. The molecule has 0 bridgehead atoms. The minimum absolute atomic E-state index is 0. The fourth-order valence-electron chi connectivity index (χ4n) is 2.31. The first-order valence-electron chi connectivity index (χ1n) is 7.55. The van der Waals surface area contributed by atoms with Gasteiger partial charge in [-0.3, -0.25) is 0 Å². The molecule has 0 aliphatic rings. The second kappa shape index (κ2) is 8.85. The third-order valence-corrected chi connectivity index (χ3v) is 4.95. The van der Waals surface area contributed by atoms with Gasteiger partial charge < -0.3 is 5.73 Å². The van der Waals surface area contributed by atoms with Crippen LogP contribution in [0.2, 0.25) is 0 Å². The van der Waals surface area contributed by atoms with Crippen LogP contribution in [0.4, 0.5) is 13.2 Å². The molecule has 0 fully saturated rings. The zero-order valence-corrected chi connectivity index (χ0v) is 15.6. The third-order valence-electron chi connectivity index (χ3n) is 3.67. The average molecular weight is 409 g/mol. The molecule has 3 N–H and O–H groups in total. The van der Waals surface area contributed by atoms with Gasteiger partial charge in [0.15, 0.2) is 0 Å². The molecule has 0 heterocycles. The Morgan fingerprint density at radius 3 is 2.19 bits per heavy atom. The van der Waals surface area contributed by atoms with Crippen molar-refractivity contribution in [2.75, 3.05) is 0 Å². The van der Waals surface area contributed by atoms with Crippen LogP contribution in [0.3, 0.4) is 0 Å². The van der Waals surface area contributed by atoms with Gasteiger partial charge in [0.05, 0.1) is 11.3 Å². The molecule has 0 radical (unpaired) electrons. The second-order valence-corrected chi connectivity index (χ2v) is 7.57. The van der Waals surface area contributed by atoms with Crippen molar-refractivity contribution in [1.29, 1.82) is 0 Å². The maximum absolute atomic E-state index is 13.0. The van der Waals surface area contributed by atoms with Gasteiger partial charge in [0.2, 0.25) is 10.0 Å². The van der Waals surface area contributed by atoms with Gasteiger partial charge in [-0.2, -0.15) is 13.2 Å². The van der Waals surface area contributed by atoms with Crippen molar-refractivity contribution >= 4 is 22.4 Å². The van der Waals surface area contributed by atoms with E-state index in [0.29, 0.717) is 5.56 Å². The zero-order chi connectivity index (χ0) is 18.7. The predicted molar refractivity (Wildman–Crippen MR) is 97.2 cm³/mol. The number of benzene rings is 2. The summed E-state index contributed by atoms with van der Waals surface area (Å²) >= 11 is 0. The van der Waals surface area contributed by atoms with Crippen LogP contribution in [0.5, 0.6) is 0 Å². The number of nitrogens with two attached hydrogens (primary N) is 1. The van der Waals surface area contributed by atoms with E-state index in [-0.39, 0.29) is 30.6 Å². The number of alkyl halides is 3. The Morgan fingerprint density at radius 2 is 1.65 bits per heavy atom. The zero-order valence-electron chi connectivity index (χ0n) is 14.0. The van der Waals surface area contributed by atoms with Crippen LogP contribution in [0.25, 0.3) is 0 Å². The molecule has 26 heavy (non-hydrogen) atoms. The van der Waals surface area contributed by atoms with Crippen LogP contribution in [0.1, 0.15) is 35.2 Å². The quantitative estimate of drug-likeness (QED) is 0.764. The van der Waals surface area contributed by atoms with Gasteiger partial charge in [-0.15, -0.1) is 12.4 Å². The average Bonchev–Trinajstić information content (AvgIpc) is 2.52. The lowest BCUT2D eigenvalue weighted by atomic mass is 10.1.